The summed E-state index contributed by atoms with van der Waals surface area (Å²) in [6, 6.07) is 9.70. The van der Waals surface area contributed by atoms with Crippen LogP contribution in [0.1, 0.15) is 30.9 Å². The maximum atomic E-state index is 12.4. The molecule has 0 saturated heterocycles. The Labute approximate surface area is 143 Å². The summed E-state index contributed by atoms with van der Waals surface area (Å²) in [6.45, 7) is 5.76. The molecule has 2 aromatic rings. The van der Waals surface area contributed by atoms with Crippen molar-refractivity contribution >= 4 is 5.91 Å². The molecule has 1 amide bonds. The van der Waals surface area contributed by atoms with Crippen LogP contribution in [-0.2, 0) is 16.1 Å². The molecule has 0 saturated carbocycles. The van der Waals surface area contributed by atoms with Crippen molar-refractivity contribution in [2.75, 3.05) is 26.9 Å². The van der Waals surface area contributed by atoms with E-state index in [2.05, 4.69) is 13.8 Å². The van der Waals surface area contributed by atoms with Crippen molar-refractivity contribution in [2.24, 2.45) is 0 Å². The van der Waals surface area contributed by atoms with E-state index in [0.717, 1.165) is 5.56 Å². The fourth-order valence-electron chi connectivity index (χ4n) is 2.28. The Morgan fingerprint density at radius 3 is 2.54 bits per heavy atom. The molecule has 0 aliphatic heterocycles. The number of methoxy groups -OCH3 is 1. The van der Waals surface area contributed by atoms with Crippen molar-refractivity contribution in [2.45, 2.75) is 26.3 Å². The van der Waals surface area contributed by atoms with Crippen LogP contribution in [0.15, 0.2) is 47.3 Å². The van der Waals surface area contributed by atoms with Crippen LogP contribution >= 0.6 is 0 Å². The Kier molecular flexibility index (Phi) is 6.88. The third-order valence-corrected chi connectivity index (χ3v) is 3.78. The lowest BCUT2D eigenvalue weighted by molar-refractivity contribution is -0.134. The normalized spacial score (nSPS) is 10.8. The number of carbonyl (C=O) groups excluding carboxylic acids is 1. The first kappa shape index (κ1) is 18.1. The second kappa shape index (κ2) is 9.13. The number of hydrogen-bond donors (Lipinski definition) is 0. The minimum Gasteiger partial charge on any atom is -0.484 e. The third kappa shape index (κ3) is 5.42. The van der Waals surface area contributed by atoms with Crippen LogP contribution in [0.3, 0.4) is 0 Å². The van der Waals surface area contributed by atoms with Gasteiger partial charge in [-0.3, -0.25) is 4.79 Å². The van der Waals surface area contributed by atoms with E-state index in [4.69, 9.17) is 13.9 Å². The first-order chi connectivity index (χ1) is 11.6. The molecular formula is C19H25NO4. The van der Waals surface area contributed by atoms with E-state index in [-0.39, 0.29) is 12.5 Å². The minimum absolute atomic E-state index is 0.00257. The van der Waals surface area contributed by atoms with Crippen LogP contribution in [0.4, 0.5) is 0 Å². The summed E-state index contributed by atoms with van der Waals surface area (Å²) in [7, 11) is 1.62. The standard InChI is InChI=1S/C19H25NO4/c1-15(2)17-4-6-18(7-5-17)24-14-19(21)20(9-11-22-3)12-16-8-10-23-13-16/h4-8,10,13,15H,9,11-12,14H2,1-3H3. The molecule has 24 heavy (non-hydrogen) atoms. The number of amides is 1. The maximum absolute atomic E-state index is 12.4. The van der Waals surface area contributed by atoms with Gasteiger partial charge in [0.25, 0.3) is 5.91 Å². The zero-order valence-corrected chi connectivity index (χ0v) is 14.5. The summed E-state index contributed by atoms with van der Waals surface area (Å²) < 4.78 is 15.8. The molecule has 0 aliphatic carbocycles. The van der Waals surface area contributed by atoms with Crippen molar-refractivity contribution < 1.29 is 18.7 Å². The molecule has 1 heterocycles. The second-order valence-corrected chi connectivity index (χ2v) is 5.95. The fourth-order valence-corrected chi connectivity index (χ4v) is 2.28. The number of nitrogens with zero attached hydrogens (tertiary/aromatic N) is 1. The SMILES string of the molecule is COCCN(Cc1ccoc1)C(=O)COc1ccc(C(C)C)cc1. The van der Waals surface area contributed by atoms with E-state index in [0.29, 0.717) is 31.4 Å². The number of ether oxygens (including phenoxy) is 2. The van der Waals surface area contributed by atoms with Gasteiger partial charge < -0.3 is 18.8 Å². The van der Waals surface area contributed by atoms with Crippen LogP contribution in [0, 0.1) is 0 Å². The predicted molar refractivity (Wildman–Crippen MR) is 92.0 cm³/mol. The molecule has 0 atom stereocenters. The van der Waals surface area contributed by atoms with Crippen molar-refractivity contribution in [3.05, 3.63) is 54.0 Å². The van der Waals surface area contributed by atoms with E-state index in [9.17, 15) is 4.79 Å². The Bertz CT molecular complexity index is 605. The van der Waals surface area contributed by atoms with Gasteiger partial charge in [0, 0.05) is 25.8 Å². The summed E-state index contributed by atoms with van der Waals surface area (Å²) in [6.07, 6.45) is 3.24. The predicted octanol–water partition coefficient (Wildman–Crippen LogP) is 3.46. The van der Waals surface area contributed by atoms with Crippen molar-refractivity contribution in [3.63, 3.8) is 0 Å². The smallest absolute Gasteiger partial charge is 0.260 e. The van der Waals surface area contributed by atoms with Gasteiger partial charge in [-0.05, 0) is 29.7 Å². The highest BCUT2D eigenvalue weighted by molar-refractivity contribution is 5.77. The van der Waals surface area contributed by atoms with Gasteiger partial charge in [-0.15, -0.1) is 0 Å². The molecule has 0 spiro atoms. The quantitative estimate of drug-likeness (QED) is 0.706. The zero-order chi connectivity index (χ0) is 17.4. The topological polar surface area (TPSA) is 51.9 Å². The highest BCUT2D eigenvalue weighted by Crippen LogP contribution is 2.18. The molecule has 1 aromatic carbocycles. The average molecular weight is 331 g/mol. The average Bonchev–Trinajstić information content (AvgIpc) is 3.10. The molecule has 130 valence electrons. The maximum Gasteiger partial charge on any atom is 0.260 e. The van der Waals surface area contributed by atoms with Crippen molar-refractivity contribution in [1.82, 2.24) is 4.90 Å². The monoisotopic (exact) mass is 331 g/mol. The van der Waals surface area contributed by atoms with Crippen molar-refractivity contribution in [1.29, 1.82) is 0 Å². The van der Waals surface area contributed by atoms with Crippen molar-refractivity contribution in [3.8, 4) is 5.75 Å². The first-order valence-electron chi connectivity index (χ1n) is 8.10. The summed E-state index contributed by atoms with van der Waals surface area (Å²) >= 11 is 0. The highest BCUT2D eigenvalue weighted by atomic mass is 16.5. The number of benzene rings is 1. The molecule has 0 aliphatic rings. The van der Waals surface area contributed by atoms with Crippen LogP contribution in [0.25, 0.3) is 0 Å². The van der Waals surface area contributed by atoms with Gasteiger partial charge in [-0.25, -0.2) is 0 Å². The molecule has 0 N–H and O–H groups in total. The van der Waals surface area contributed by atoms with E-state index >= 15 is 0 Å². The molecule has 1 aromatic heterocycles. The first-order valence-corrected chi connectivity index (χ1v) is 8.10. The number of carbonyl (C=O) groups is 1. The van der Waals surface area contributed by atoms with Crippen LogP contribution in [0.2, 0.25) is 0 Å². The van der Waals surface area contributed by atoms with Gasteiger partial charge in [0.2, 0.25) is 0 Å². The molecule has 2 rings (SSSR count). The summed E-state index contributed by atoms with van der Waals surface area (Å²) in [4.78, 5) is 14.1. The molecule has 0 bridgehead atoms. The lowest BCUT2D eigenvalue weighted by atomic mass is 10.0. The van der Waals surface area contributed by atoms with Gasteiger partial charge >= 0.3 is 0 Å². The second-order valence-electron chi connectivity index (χ2n) is 5.95. The molecule has 0 unspecified atom stereocenters. The van der Waals surface area contributed by atoms with Crippen LogP contribution in [-0.4, -0.2) is 37.7 Å². The minimum atomic E-state index is -0.0822. The Balaban J connectivity index is 1.91. The number of rotatable bonds is 9. The highest BCUT2D eigenvalue weighted by Gasteiger charge is 2.15. The van der Waals surface area contributed by atoms with Crippen LogP contribution in [0.5, 0.6) is 5.75 Å². The number of furan rings is 1. The zero-order valence-electron chi connectivity index (χ0n) is 14.5. The summed E-state index contributed by atoms with van der Waals surface area (Å²) in [5.41, 5.74) is 2.19. The third-order valence-electron chi connectivity index (χ3n) is 3.78. The lowest BCUT2D eigenvalue weighted by Gasteiger charge is -2.22. The van der Waals surface area contributed by atoms with E-state index < -0.39 is 0 Å². The van der Waals surface area contributed by atoms with Gasteiger partial charge in [-0.2, -0.15) is 0 Å². The summed E-state index contributed by atoms with van der Waals surface area (Å²) in [5.74, 6) is 1.09. The Morgan fingerprint density at radius 2 is 1.96 bits per heavy atom. The Hall–Kier alpha value is -2.27. The van der Waals surface area contributed by atoms with E-state index in [1.807, 2.05) is 30.3 Å². The van der Waals surface area contributed by atoms with Gasteiger partial charge in [-0.1, -0.05) is 26.0 Å². The van der Waals surface area contributed by atoms with Gasteiger partial charge in [0.1, 0.15) is 5.75 Å². The molecule has 5 nitrogen and oxygen atoms in total. The van der Waals surface area contributed by atoms with Gasteiger partial charge in [0.05, 0.1) is 19.1 Å². The van der Waals surface area contributed by atoms with Crippen LogP contribution < -0.4 is 4.74 Å². The Morgan fingerprint density at radius 1 is 1.21 bits per heavy atom. The lowest BCUT2D eigenvalue weighted by Crippen LogP contribution is -2.36. The van der Waals surface area contributed by atoms with Gasteiger partial charge in [0.15, 0.2) is 6.61 Å². The summed E-state index contributed by atoms with van der Waals surface area (Å²) in [5, 5.41) is 0. The fraction of sp³-hybridized carbons (Fsp3) is 0.421. The van der Waals surface area contributed by atoms with E-state index in [1.165, 1.54) is 5.56 Å². The van der Waals surface area contributed by atoms with E-state index in [1.54, 1.807) is 24.5 Å². The molecule has 0 fully saturated rings. The largest absolute Gasteiger partial charge is 0.484 e. The molecule has 5 heteroatoms. The molecule has 0 radical (unpaired) electrons. The number of hydrogen-bond acceptors (Lipinski definition) is 4. The molecular weight excluding hydrogens is 306 g/mol.